The van der Waals surface area contributed by atoms with E-state index in [0.717, 1.165) is 9.80 Å². The fraction of sp³-hybridized carbons (Fsp3) is 0.257. The normalized spacial score (nSPS) is 29.8. The van der Waals surface area contributed by atoms with Crippen LogP contribution in [-0.4, -0.2) is 47.7 Å². The van der Waals surface area contributed by atoms with E-state index in [1.807, 2.05) is 0 Å². The molecule has 6 atom stereocenters. The van der Waals surface area contributed by atoms with Gasteiger partial charge in [-0.2, -0.15) is 0 Å². The first kappa shape index (κ1) is 28.4. The average Bonchev–Trinajstić information content (AvgIpc) is 3.50. The lowest BCUT2D eigenvalue weighted by molar-refractivity contribution is -0.157. The van der Waals surface area contributed by atoms with Crippen LogP contribution in [0.3, 0.4) is 0 Å². The number of rotatable bonds is 6. The average molecular weight is 604 g/mol. The van der Waals surface area contributed by atoms with Gasteiger partial charge in [-0.3, -0.25) is 24.0 Å². The van der Waals surface area contributed by atoms with E-state index in [4.69, 9.17) is 4.74 Å². The van der Waals surface area contributed by atoms with Crippen LogP contribution in [0.4, 0.5) is 11.4 Å². The topological polar surface area (TPSA) is 130 Å². The second kappa shape index (κ2) is 10.1. The highest BCUT2D eigenvalue weighted by atomic mass is 16.5. The minimum atomic E-state index is -1.92. The Morgan fingerprint density at radius 2 is 1.11 bits per heavy atom. The van der Waals surface area contributed by atoms with E-state index >= 15 is 0 Å². The molecule has 1 N–H and O–H groups in total. The van der Waals surface area contributed by atoms with E-state index in [-0.39, 0.29) is 17.7 Å². The number of carbonyl (C=O) groups is 6. The van der Waals surface area contributed by atoms with Crippen molar-refractivity contribution in [1.82, 2.24) is 5.32 Å². The number of benzene rings is 3. The standard InChI is InChI=1S/C35H29N3O7/c1-3-45-33(44)23-19-35(36-28(39)20-13-7-4-8-14-20)26-24(29(40)37(31(26)42)21-15-9-5-10-16-21)34(23,2)25-27(35)32(43)38(30(25)41)22-17-11-6-12-18-22/h4-19,24-27H,3H2,1-2H3,(H,36,39)/t24-,25+,26+,27-,34?,35?. The van der Waals surface area contributed by atoms with Crippen LogP contribution >= 0.6 is 0 Å². The molecule has 2 unspecified atom stereocenters. The summed E-state index contributed by atoms with van der Waals surface area (Å²) in [6, 6.07) is 24.9. The molecule has 2 bridgehead atoms. The predicted molar refractivity (Wildman–Crippen MR) is 161 cm³/mol. The summed E-state index contributed by atoms with van der Waals surface area (Å²) < 4.78 is 5.44. The van der Waals surface area contributed by atoms with E-state index in [2.05, 4.69) is 5.32 Å². The molecule has 10 heteroatoms. The van der Waals surface area contributed by atoms with Crippen molar-refractivity contribution in [3.05, 3.63) is 108 Å². The van der Waals surface area contributed by atoms with Gasteiger partial charge in [0.05, 0.1) is 47.2 Å². The molecule has 5 aliphatic rings. The number of ether oxygens (including phenoxy) is 1. The first-order valence-electron chi connectivity index (χ1n) is 14.8. The summed E-state index contributed by atoms with van der Waals surface area (Å²) >= 11 is 0. The van der Waals surface area contributed by atoms with Crippen LogP contribution in [0.25, 0.3) is 0 Å². The van der Waals surface area contributed by atoms with Crippen LogP contribution < -0.4 is 15.1 Å². The smallest absolute Gasteiger partial charge is 0.334 e. The molecular weight excluding hydrogens is 574 g/mol. The van der Waals surface area contributed by atoms with E-state index in [1.165, 1.54) is 6.08 Å². The number of nitrogens with one attached hydrogen (secondary N) is 1. The lowest BCUT2D eigenvalue weighted by atomic mass is 9.42. The van der Waals surface area contributed by atoms with Gasteiger partial charge < -0.3 is 10.1 Å². The zero-order chi connectivity index (χ0) is 31.7. The van der Waals surface area contributed by atoms with E-state index < -0.39 is 70.1 Å². The monoisotopic (exact) mass is 603 g/mol. The fourth-order valence-electron chi connectivity index (χ4n) is 8.01. The van der Waals surface area contributed by atoms with Crippen molar-refractivity contribution < 1.29 is 33.5 Å². The Balaban J connectivity index is 1.50. The zero-order valence-electron chi connectivity index (χ0n) is 24.5. The lowest BCUT2D eigenvalue weighted by Gasteiger charge is -2.59. The van der Waals surface area contributed by atoms with Crippen molar-refractivity contribution >= 4 is 46.9 Å². The number of hydrogen-bond acceptors (Lipinski definition) is 7. The van der Waals surface area contributed by atoms with Gasteiger partial charge in [0.1, 0.15) is 0 Å². The van der Waals surface area contributed by atoms with Gasteiger partial charge in [-0.25, -0.2) is 14.6 Å². The summed E-state index contributed by atoms with van der Waals surface area (Å²) in [5.74, 6) is -9.04. The Hall–Kier alpha value is -5.38. The molecule has 1 saturated carbocycles. The van der Waals surface area contributed by atoms with Gasteiger partial charge in [-0.15, -0.1) is 0 Å². The lowest BCUT2D eigenvalue weighted by Crippen LogP contribution is -2.73. The molecule has 2 heterocycles. The van der Waals surface area contributed by atoms with Crippen molar-refractivity contribution in [3.8, 4) is 0 Å². The zero-order valence-corrected chi connectivity index (χ0v) is 24.5. The second-order valence-corrected chi connectivity index (χ2v) is 11.9. The largest absolute Gasteiger partial charge is 0.463 e. The fourth-order valence-corrected chi connectivity index (χ4v) is 8.01. The number of carbonyl (C=O) groups excluding carboxylic acids is 6. The molecule has 3 fully saturated rings. The molecule has 0 radical (unpaired) electrons. The van der Waals surface area contributed by atoms with Gasteiger partial charge >= 0.3 is 5.97 Å². The van der Waals surface area contributed by atoms with Crippen LogP contribution in [0.2, 0.25) is 0 Å². The summed E-state index contributed by atoms with van der Waals surface area (Å²) in [7, 11) is 0. The van der Waals surface area contributed by atoms with Gasteiger partial charge in [0.15, 0.2) is 0 Å². The Bertz CT molecular complexity index is 1720. The number of esters is 1. The maximum absolute atomic E-state index is 14.5. The van der Waals surface area contributed by atoms with Crippen LogP contribution in [0, 0.1) is 29.1 Å². The third kappa shape index (κ3) is 3.74. The quantitative estimate of drug-likeness (QED) is 0.338. The van der Waals surface area contributed by atoms with Crippen molar-refractivity contribution in [2.45, 2.75) is 19.4 Å². The summed E-state index contributed by atoms with van der Waals surface area (Å²) in [5.41, 5.74) is -2.71. The number of imide groups is 2. The van der Waals surface area contributed by atoms with E-state index in [0.29, 0.717) is 11.4 Å². The summed E-state index contributed by atoms with van der Waals surface area (Å²) in [4.78, 5) is 87.8. The molecule has 3 aromatic rings. The molecule has 2 aliphatic heterocycles. The van der Waals surface area contributed by atoms with Gasteiger partial charge in [0.25, 0.3) is 5.91 Å². The van der Waals surface area contributed by atoms with Gasteiger partial charge in [-0.05, 0) is 49.4 Å². The predicted octanol–water partition coefficient (Wildman–Crippen LogP) is 3.29. The number of hydrogen-bond donors (Lipinski definition) is 1. The molecule has 3 aliphatic carbocycles. The van der Waals surface area contributed by atoms with Crippen LogP contribution in [0.5, 0.6) is 0 Å². The molecule has 0 aromatic heterocycles. The minimum absolute atomic E-state index is 0.00382. The summed E-state index contributed by atoms with van der Waals surface area (Å²) in [6.45, 7) is 3.22. The SMILES string of the molecule is CCOC(=O)C1=CC2(NC(=O)c3ccccc3)[C@@H]3C(=O)N(c4ccccc4)C(=O)[C@@H]3C1(C)[C@@H]1C(=O)N(c3ccccc3)C(=O)[C@@H]12. The number of para-hydroxylation sites is 2. The Kier molecular flexibility index (Phi) is 6.36. The van der Waals surface area contributed by atoms with Crippen molar-refractivity contribution in [2.75, 3.05) is 16.4 Å². The Morgan fingerprint density at radius 1 is 0.689 bits per heavy atom. The van der Waals surface area contributed by atoms with Gasteiger partial charge in [0, 0.05) is 16.6 Å². The molecule has 3 aromatic carbocycles. The Labute approximate surface area is 258 Å². The van der Waals surface area contributed by atoms with Gasteiger partial charge in [-0.1, -0.05) is 61.5 Å². The maximum Gasteiger partial charge on any atom is 0.334 e. The van der Waals surface area contributed by atoms with E-state index in [9.17, 15) is 28.8 Å². The number of amides is 5. The van der Waals surface area contributed by atoms with Crippen molar-refractivity contribution in [1.29, 1.82) is 0 Å². The summed E-state index contributed by atoms with van der Waals surface area (Å²) in [5, 5.41) is 2.95. The van der Waals surface area contributed by atoms with Crippen LogP contribution in [0.1, 0.15) is 24.2 Å². The third-order valence-corrected chi connectivity index (χ3v) is 9.79. The Morgan fingerprint density at radius 3 is 1.56 bits per heavy atom. The number of anilines is 2. The molecule has 10 nitrogen and oxygen atoms in total. The van der Waals surface area contributed by atoms with E-state index in [1.54, 1.807) is 105 Å². The first-order chi connectivity index (χ1) is 21.7. The highest BCUT2D eigenvalue weighted by Gasteiger charge is 2.81. The van der Waals surface area contributed by atoms with Crippen LogP contribution in [-0.2, 0) is 28.7 Å². The summed E-state index contributed by atoms with van der Waals surface area (Å²) in [6.07, 6.45) is 1.42. The number of nitrogens with zero attached hydrogens (tertiary/aromatic N) is 2. The van der Waals surface area contributed by atoms with Crippen molar-refractivity contribution in [2.24, 2.45) is 29.1 Å². The second-order valence-electron chi connectivity index (χ2n) is 11.9. The highest BCUT2D eigenvalue weighted by Crippen LogP contribution is 2.68. The maximum atomic E-state index is 14.5. The molecule has 5 amide bonds. The molecule has 8 rings (SSSR count). The van der Waals surface area contributed by atoms with Crippen LogP contribution in [0.15, 0.2) is 103 Å². The molecule has 0 spiro atoms. The van der Waals surface area contributed by atoms with Gasteiger partial charge in [0.2, 0.25) is 23.6 Å². The first-order valence-corrected chi connectivity index (χ1v) is 14.8. The molecule has 2 saturated heterocycles. The molecule has 226 valence electrons. The minimum Gasteiger partial charge on any atom is -0.463 e. The van der Waals surface area contributed by atoms with Crippen molar-refractivity contribution in [3.63, 3.8) is 0 Å². The molecule has 45 heavy (non-hydrogen) atoms. The third-order valence-electron chi connectivity index (χ3n) is 9.79. The highest BCUT2D eigenvalue weighted by molar-refractivity contribution is 6.28. The molecular formula is C35H29N3O7.